The maximum absolute atomic E-state index is 11.1. The Bertz CT molecular complexity index is 364. The fourth-order valence-corrected chi connectivity index (χ4v) is 1.42. The lowest BCUT2D eigenvalue weighted by Crippen LogP contribution is -2.47. The first-order valence-electron chi connectivity index (χ1n) is 5.77. The van der Waals surface area contributed by atoms with Gasteiger partial charge in [0.05, 0.1) is 0 Å². The Kier molecular flexibility index (Phi) is 8.14. The third kappa shape index (κ3) is 6.83. The van der Waals surface area contributed by atoms with Gasteiger partial charge in [-0.3, -0.25) is 14.4 Å². The number of carbonyl (C=O) groups excluding carboxylic acids is 4. The van der Waals surface area contributed by atoms with Gasteiger partial charge in [0.15, 0.2) is 24.6 Å². The number of methoxy groups -OCH3 is 1. The van der Waals surface area contributed by atoms with Crippen molar-refractivity contribution >= 4 is 24.2 Å². The van der Waals surface area contributed by atoms with Crippen molar-refractivity contribution in [2.24, 2.45) is 0 Å². The largest absolute Gasteiger partial charge is 0.462 e. The predicted octanol–water partition coefficient (Wildman–Crippen LogP) is -0.373. The third-order valence-corrected chi connectivity index (χ3v) is 2.17. The summed E-state index contributed by atoms with van der Waals surface area (Å²) in [6, 6.07) is 0. The van der Waals surface area contributed by atoms with E-state index >= 15 is 0 Å². The smallest absolute Gasteiger partial charge is 0.303 e. The van der Waals surface area contributed by atoms with Gasteiger partial charge in [0.25, 0.3) is 0 Å². The van der Waals surface area contributed by atoms with Gasteiger partial charge in [0.1, 0.15) is 6.61 Å². The molecule has 0 radical (unpaired) electrons. The van der Waals surface area contributed by atoms with Gasteiger partial charge >= 0.3 is 17.9 Å². The number of aldehydes is 1. The molecule has 0 rings (SSSR count). The number of carbonyl (C=O) groups is 4. The van der Waals surface area contributed by atoms with E-state index in [4.69, 9.17) is 18.9 Å². The number of esters is 3. The van der Waals surface area contributed by atoms with Gasteiger partial charge in [0.2, 0.25) is 0 Å². The van der Waals surface area contributed by atoms with Gasteiger partial charge in [-0.2, -0.15) is 0 Å². The summed E-state index contributed by atoms with van der Waals surface area (Å²) in [5.74, 6) is -1.98. The predicted molar refractivity (Wildman–Crippen MR) is 64.6 cm³/mol. The first kappa shape index (κ1) is 18.0. The molecule has 0 aliphatic heterocycles. The Morgan fingerprint density at radius 1 is 1.00 bits per heavy atom. The van der Waals surface area contributed by atoms with Crippen molar-refractivity contribution in [3.8, 4) is 0 Å². The van der Waals surface area contributed by atoms with E-state index < -0.39 is 36.2 Å². The van der Waals surface area contributed by atoms with Gasteiger partial charge in [0, 0.05) is 27.9 Å². The Morgan fingerprint density at radius 3 is 1.90 bits per heavy atom. The lowest BCUT2D eigenvalue weighted by Gasteiger charge is -2.28. The molecule has 0 spiro atoms. The molecule has 0 fully saturated rings. The molecule has 0 heterocycles. The second-order valence-corrected chi connectivity index (χ2v) is 3.86. The molecule has 20 heavy (non-hydrogen) atoms. The van der Waals surface area contributed by atoms with E-state index in [1.807, 2.05) is 0 Å². The molecule has 0 amide bonds. The third-order valence-electron chi connectivity index (χ3n) is 2.17. The van der Waals surface area contributed by atoms with Crippen molar-refractivity contribution in [3.63, 3.8) is 0 Å². The van der Waals surface area contributed by atoms with Crippen molar-refractivity contribution in [2.45, 2.75) is 39.1 Å². The zero-order chi connectivity index (χ0) is 15.7. The Hall–Kier alpha value is -1.96. The first-order valence-corrected chi connectivity index (χ1v) is 5.77. The van der Waals surface area contributed by atoms with Gasteiger partial charge in [-0.25, -0.2) is 0 Å². The number of rotatable bonds is 8. The zero-order valence-electron chi connectivity index (χ0n) is 11.8. The Balaban J connectivity index is 5.12. The molecule has 0 bridgehead atoms. The van der Waals surface area contributed by atoms with Crippen LogP contribution in [0.3, 0.4) is 0 Å². The second kappa shape index (κ2) is 9.03. The minimum Gasteiger partial charge on any atom is -0.462 e. The first-order chi connectivity index (χ1) is 9.31. The molecule has 0 aromatic carbocycles. The van der Waals surface area contributed by atoms with Gasteiger partial charge < -0.3 is 23.7 Å². The summed E-state index contributed by atoms with van der Waals surface area (Å²) < 4.78 is 19.4. The van der Waals surface area contributed by atoms with Crippen LogP contribution in [0.4, 0.5) is 0 Å². The molecule has 0 aliphatic carbocycles. The van der Waals surface area contributed by atoms with Crippen LogP contribution in [0.5, 0.6) is 0 Å². The molecule has 0 aromatic heterocycles. The SMILES string of the molecule is CO[C@@H](C=O)[C@@H](OC(C)=O)[C@@H](COC(C)=O)OC(C)=O. The topological polar surface area (TPSA) is 105 Å². The van der Waals surface area contributed by atoms with Crippen molar-refractivity contribution in [1.29, 1.82) is 0 Å². The number of hydrogen-bond acceptors (Lipinski definition) is 8. The molecule has 3 atom stereocenters. The molecule has 0 aromatic rings. The van der Waals surface area contributed by atoms with Crippen molar-refractivity contribution < 1.29 is 38.1 Å². The minimum absolute atomic E-state index is 0.361. The Morgan fingerprint density at radius 2 is 1.55 bits per heavy atom. The summed E-state index contributed by atoms with van der Waals surface area (Å²) >= 11 is 0. The lowest BCUT2D eigenvalue weighted by molar-refractivity contribution is -0.183. The van der Waals surface area contributed by atoms with Crippen LogP contribution < -0.4 is 0 Å². The second-order valence-electron chi connectivity index (χ2n) is 3.86. The highest BCUT2D eigenvalue weighted by atomic mass is 16.6. The highest BCUT2D eigenvalue weighted by Gasteiger charge is 2.35. The van der Waals surface area contributed by atoms with Crippen LogP contribution in [-0.4, -0.2) is 56.2 Å². The molecule has 114 valence electrons. The van der Waals surface area contributed by atoms with Gasteiger partial charge in [-0.1, -0.05) is 0 Å². The summed E-state index contributed by atoms with van der Waals surface area (Å²) in [7, 11) is 1.23. The van der Waals surface area contributed by atoms with Crippen LogP contribution in [-0.2, 0) is 38.1 Å². The maximum Gasteiger partial charge on any atom is 0.303 e. The van der Waals surface area contributed by atoms with Gasteiger partial charge in [-0.15, -0.1) is 0 Å². The molecule has 0 saturated carbocycles. The Labute approximate surface area is 116 Å². The van der Waals surface area contributed by atoms with Crippen molar-refractivity contribution in [2.75, 3.05) is 13.7 Å². The fourth-order valence-electron chi connectivity index (χ4n) is 1.42. The van der Waals surface area contributed by atoms with E-state index in [1.165, 1.54) is 14.0 Å². The van der Waals surface area contributed by atoms with Crippen LogP contribution in [0.25, 0.3) is 0 Å². The average molecular weight is 290 g/mol. The summed E-state index contributed by atoms with van der Waals surface area (Å²) in [6.07, 6.45) is -3.11. The highest BCUT2D eigenvalue weighted by molar-refractivity contribution is 5.69. The van der Waals surface area contributed by atoms with E-state index in [1.54, 1.807) is 0 Å². The number of ether oxygens (including phenoxy) is 4. The summed E-state index contributed by atoms with van der Waals surface area (Å²) in [5, 5.41) is 0. The normalized spacial score (nSPS) is 14.6. The van der Waals surface area contributed by atoms with E-state index in [2.05, 4.69) is 0 Å². The standard InChI is InChI=1S/C12H18O8/c1-7(14)18-6-11(19-8(2)15)12(20-9(3)16)10(5-13)17-4/h5,10-12H,6H2,1-4H3/t10-,11+,12+/m0/s1. The molecule has 0 aliphatic rings. The lowest BCUT2D eigenvalue weighted by atomic mass is 10.1. The van der Waals surface area contributed by atoms with E-state index in [-0.39, 0.29) is 6.61 Å². The van der Waals surface area contributed by atoms with Crippen LogP contribution in [0.15, 0.2) is 0 Å². The summed E-state index contributed by atoms with van der Waals surface area (Å²) in [4.78, 5) is 43.9. The van der Waals surface area contributed by atoms with Crippen molar-refractivity contribution in [3.05, 3.63) is 0 Å². The van der Waals surface area contributed by atoms with Gasteiger partial charge in [-0.05, 0) is 0 Å². The van der Waals surface area contributed by atoms with E-state index in [0.717, 1.165) is 13.8 Å². The van der Waals surface area contributed by atoms with Crippen molar-refractivity contribution in [1.82, 2.24) is 0 Å². The monoisotopic (exact) mass is 290 g/mol. The van der Waals surface area contributed by atoms with Crippen LogP contribution in [0.2, 0.25) is 0 Å². The molecule has 0 N–H and O–H groups in total. The highest BCUT2D eigenvalue weighted by Crippen LogP contribution is 2.12. The molecular formula is C12H18O8. The van der Waals surface area contributed by atoms with Crippen LogP contribution >= 0.6 is 0 Å². The quantitative estimate of drug-likeness (QED) is 0.338. The zero-order valence-corrected chi connectivity index (χ0v) is 11.8. The molecule has 8 nitrogen and oxygen atoms in total. The average Bonchev–Trinajstić information content (AvgIpc) is 2.33. The summed E-state index contributed by atoms with van der Waals surface area (Å²) in [6.45, 7) is 3.06. The molecular weight excluding hydrogens is 272 g/mol. The molecule has 0 saturated heterocycles. The van der Waals surface area contributed by atoms with E-state index in [9.17, 15) is 19.2 Å². The molecule has 0 unspecified atom stereocenters. The fraction of sp³-hybridized carbons (Fsp3) is 0.667. The minimum atomic E-state index is -1.21. The number of hydrogen-bond donors (Lipinski definition) is 0. The van der Waals surface area contributed by atoms with E-state index in [0.29, 0.717) is 6.29 Å². The van der Waals surface area contributed by atoms with Crippen LogP contribution in [0.1, 0.15) is 20.8 Å². The van der Waals surface area contributed by atoms with Crippen LogP contribution in [0, 0.1) is 0 Å². The molecule has 8 heteroatoms. The summed E-state index contributed by atoms with van der Waals surface area (Å²) in [5.41, 5.74) is 0. The maximum atomic E-state index is 11.1.